The lowest BCUT2D eigenvalue weighted by Gasteiger charge is -2.07. The zero-order chi connectivity index (χ0) is 20.2. The van der Waals surface area contributed by atoms with Crippen LogP contribution in [0.4, 0.5) is 5.95 Å². The van der Waals surface area contributed by atoms with E-state index in [2.05, 4.69) is 21.4 Å². The maximum Gasteiger partial charge on any atom is 0.259 e. The second kappa shape index (κ2) is 7.82. The summed E-state index contributed by atoms with van der Waals surface area (Å²) in [6.45, 7) is 0.403. The van der Waals surface area contributed by atoms with Gasteiger partial charge in [0.2, 0.25) is 11.8 Å². The first-order chi connectivity index (χ1) is 14.2. The highest BCUT2D eigenvalue weighted by atomic mass is 16.5. The first-order valence-electron chi connectivity index (χ1n) is 8.95. The van der Waals surface area contributed by atoms with Crippen molar-refractivity contribution >= 4 is 22.9 Å². The summed E-state index contributed by atoms with van der Waals surface area (Å²) in [5, 5.41) is 12.0. The average Bonchev–Trinajstić information content (AvgIpc) is 3.09. The lowest BCUT2D eigenvalue weighted by atomic mass is 10.2. The van der Waals surface area contributed by atoms with Crippen molar-refractivity contribution in [1.82, 2.24) is 14.5 Å². The fourth-order valence-electron chi connectivity index (χ4n) is 2.92. The number of hydrogen-bond donors (Lipinski definition) is 1. The summed E-state index contributed by atoms with van der Waals surface area (Å²) in [7, 11) is 1.78. The van der Waals surface area contributed by atoms with Gasteiger partial charge in [-0.25, -0.2) is 9.97 Å². The topological polar surface area (TPSA) is 92.8 Å². The Morgan fingerprint density at radius 3 is 2.69 bits per heavy atom. The Morgan fingerprint density at radius 2 is 1.97 bits per heavy atom. The SMILES string of the molecule is Cn1c(NC(=O)c2ccc(OCc3ccccc3)nc2)nc2c(C#N)cccc21. The van der Waals surface area contributed by atoms with Gasteiger partial charge in [0.25, 0.3) is 5.91 Å². The number of pyridine rings is 1. The standard InChI is InChI=1S/C22H17N5O2/c1-27-18-9-5-8-16(12-23)20(18)25-22(27)26-21(28)17-10-11-19(24-13-17)29-14-15-6-3-2-4-7-15/h2-11,13H,14H2,1H3,(H,25,26,28). The molecule has 0 radical (unpaired) electrons. The van der Waals surface area contributed by atoms with Gasteiger partial charge < -0.3 is 9.30 Å². The van der Waals surface area contributed by atoms with Gasteiger partial charge in [0.05, 0.1) is 16.6 Å². The number of aromatic nitrogens is 3. The van der Waals surface area contributed by atoms with Gasteiger partial charge in [0.1, 0.15) is 18.2 Å². The minimum absolute atomic E-state index is 0.343. The van der Waals surface area contributed by atoms with Gasteiger partial charge in [-0.05, 0) is 23.8 Å². The van der Waals surface area contributed by atoms with E-state index in [1.54, 1.807) is 35.9 Å². The molecule has 0 saturated heterocycles. The normalized spacial score (nSPS) is 10.5. The molecule has 0 bridgehead atoms. The number of benzene rings is 2. The van der Waals surface area contributed by atoms with E-state index < -0.39 is 0 Å². The molecule has 0 atom stereocenters. The van der Waals surface area contributed by atoms with Gasteiger partial charge in [0.15, 0.2) is 0 Å². The first-order valence-corrected chi connectivity index (χ1v) is 8.95. The first kappa shape index (κ1) is 18.2. The molecule has 0 saturated carbocycles. The molecule has 0 aliphatic heterocycles. The molecule has 1 N–H and O–H groups in total. The number of amides is 1. The minimum Gasteiger partial charge on any atom is -0.473 e. The maximum absolute atomic E-state index is 12.6. The molecule has 0 aliphatic rings. The predicted molar refractivity (Wildman–Crippen MR) is 108 cm³/mol. The summed E-state index contributed by atoms with van der Waals surface area (Å²) < 4.78 is 7.37. The summed E-state index contributed by atoms with van der Waals surface area (Å²) in [5.41, 5.74) is 3.19. The molecule has 142 valence electrons. The van der Waals surface area contributed by atoms with Crippen molar-refractivity contribution in [1.29, 1.82) is 5.26 Å². The van der Waals surface area contributed by atoms with Gasteiger partial charge >= 0.3 is 0 Å². The number of hydrogen-bond acceptors (Lipinski definition) is 5. The third-order valence-corrected chi connectivity index (χ3v) is 4.49. The van der Waals surface area contributed by atoms with E-state index >= 15 is 0 Å². The molecular formula is C22H17N5O2. The van der Waals surface area contributed by atoms with Crippen LogP contribution in [0.15, 0.2) is 66.9 Å². The smallest absolute Gasteiger partial charge is 0.259 e. The molecule has 2 aromatic carbocycles. The highest BCUT2D eigenvalue weighted by molar-refractivity contribution is 6.04. The Bertz CT molecular complexity index is 1210. The van der Waals surface area contributed by atoms with Gasteiger partial charge in [-0.15, -0.1) is 0 Å². The molecule has 2 aromatic heterocycles. The van der Waals surface area contributed by atoms with Crippen LogP contribution in [-0.2, 0) is 13.7 Å². The highest BCUT2D eigenvalue weighted by Crippen LogP contribution is 2.22. The third-order valence-electron chi connectivity index (χ3n) is 4.49. The zero-order valence-corrected chi connectivity index (χ0v) is 15.7. The number of rotatable bonds is 5. The minimum atomic E-state index is -0.343. The lowest BCUT2D eigenvalue weighted by molar-refractivity contribution is 0.102. The van der Waals surface area contributed by atoms with Crippen molar-refractivity contribution in [2.24, 2.45) is 7.05 Å². The van der Waals surface area contributed by atoms with E-state index in [-0.39, 0.29) is 5.91 Å². The Hall–Kier alpha value is -4.18. The molecule has 2 heterocycles. The number of fused-ring (bicyclic) bond motifs is 1. The van der Waals surface area contributed by atoms with E-state index in [0.29, 0.717) is 35.1 Å². The summed E-state index contributed by atoms with van der Waals surface area (Å²) in [5.74, 6) is 0.452. The maximum atomic E-state index is 12.6. The quantitative estimate of drug-likeness (QED) is 0.568. The van der Waals surface area contributed by atoms with Gasteiger partial charge in [-0.2, -0.15) is 5.26 Å². The summed E-state index contributed by atoms with van der Waals surface area (Å²) in [6, 6.07) is 20.5. The summed E-state index contributed by atoms with van der Waals surface area (Å²) in [6.07, 6.45) is 1.46. The van der Waals surface area contributed by atoms with Crippen LogP contribution in [0.1, 0.15) is 21.5 Å². The molecule has 4 rings (SSSR count). The second-order valence-electron chi connectivity index (χ2n) is 6.39. The van der Waals surface area contributed by atoms with E-state index in [4.69, 9.17) is 4.74 Å². The molecule has 0 aliphatic carbocycles. The van der Waals surface area contributed by atoms with Crippen LogP contribution in [0.2, 0.25) is 0 Å². The van der Waals surface area contributed by atoms with Gasteiger partial charge in [0, 0.05) is 19.3 Å². The Kier molecular flexibility index (Phi) is 4.91. The van der Waals surface area contributed by atoms with Crippen LogP contribution in [0, 0.1) is 11.3 Å². The molecule has 7 nitrogen and oxygen atoms in total. The summed E-state index contributed by atoms with van der Waals surface area (Å²) in [4.78, 5) is 21.2. The number of carbonyl (C=O) groups excluding carboxylic acids is 1. The molecule has 0 spiro atoms. The fraction of sp³-hybridized carbons (Fsp3) is 0.0909. The van der Waals surface area contributed by atoms with E-state index in [1.165, 1.54) is 6.20 Å². The Balaban J connectivity index is 1.47. The monoisotopic (exact) mass is 383 g/mol. The molecule has 1 amide bonds. The molecule has 0 fully saturated rings. The number of nitrogens with zero attached hydrogens (tertiary/aromatic N) is 4. The number of para-hydroxylation sites is 1. The van der Waals surface area contributed by atoms with Crippen molar-refractivity contribution in [2.45, 2.75) is 6.61 Å². The lowest BCUT2D eigenvalue weighted by Crippen LogP contribution is -2.15. The van der Waals surface area contributed by atoms with Crippen LogP contribution in [-0.4, -0.2) is 20.4 Å². The van der Waals surface area contributed by atoms with Crippen molar-refractivity contribution in [3.63, 3.8) is 0 Å². The van der Waals surface area contributed by atoms with E-state index in [1.807, 2.05) is 36.4 Å². The number of nitriles is 1. The van der Waals surface area contributed by atoms with Crippen LogP contribution >= 0.6 is 0 Å². The zero-order valence-electron chi connectivity index (χ0n) is 15.7. The number of carbonyl (C=O) groups is 1. The van der Waals surface area contributed by atoms with Crippen LogP contribution in [0.25, 0.3) is 11.0 Å². The molecule has 0 unspecified atom stereocenters. The fourth-order valence-corrected chi connectivity index (χ4v) is 2.92. The van der Waals surface area contributed by atoms with Crippen molar-refractivity contribution in [2.75, 3.05) is 5.32 Å². The van der Waals surface area contributed by atoms with Crippen molar-refractivity contribution in [3.8, 4) is 11.9 Å². The average molecular weight is 383 g/mol. The number of anilines is 1. The molecule has 4 aromatic rings. The van der Waals surface area contributed by atoms with Crippen LogP contribution in [0.5, 0.6) is 5.88 Å². The van der Waals surface area contributed by atoms with Crippen molar-refractivity contribution in [3.05, 3.63) is 83.6 Å². The van der Waals surface area contributed by atoms with Crippen LogP contribution < -0.4 is 10.1 Å². The molecular weight excluding hydrogens is 366 g/mol. The number of nitrogens with one attached hydrogen (secondary N) is 1. The number of imidazole rings is 1. The second-order valence-corrected chi connectivity index (χ2v) is 6.39. The van der Waals surface area contributed by atoms with Gasteiger partial charge in [-0.1, -0.05) is 36.4 Å². The van der Waals surface area contributed by atoms with Crippen molar-refractivity contribution < 1.29 is 9.53 Å². The van der Waals surface area contributed by atoms with E-state index in [9.17, 15) is 10.1 Å². The molecule has 29 heavy (non-hydrogen) atoms. The predicted octanol–water partition coefficient (Wildman–Crippen LogP) is 3.67. The number of ether oxygens (including phenoxy) is 1. The largest absolute Gasteiger partial charge is 0.473 e. The number of aryl methyl sites for hydroxylation is 1. The van der Waals surface area contributed by atoms with Gasteiger partial charge in [-0.3, -0.25) is 10.1 Å². The highest BCUT2D eigenvalue weighted by Gasteiger charge is 2.14. The van der Waals surface area contributed by atoms with E-state index in [0.717, 1.165) is 11.1 Å². The van der Waals surface area contributed by atoms with Crippen LogP contribution in [0.3, 0.4) is 0 Å². The third kappa shape index (κ3) is 3.77. The Morgan fingerprint density at radius 1 is 1.14 bits per heavy atom. The summed E-state index contributed by atoms with van der Waals surface area (Å²) >= 11 is 0. The molecule has 7 heteroatoms. The Labute approximate surface area is 167 Å².